The lowest BCUT2D eigenvalue weighted by atomic mass is 10.1. The Hall–Kier alpha value is -2.08. The van der Waals surface area contributed by atoms with Gasteiger partial charge in [-0.25, -0.2) is 0 Å². The van der Waals surface area contributed by atoms with Crippen LogP contribution in [0.5, 0.6) is 5.75 Å². The summed E-state index contributed by atoms with van der Waals surface area (Å²) in [6.45, 7) is 5.82. The SMILES string of the molecule is COc1ccccc1CN1CCNC(=O)[C@H]1CC(=O)N(C)C(C)C. The highest BCUT2D eigenvalue weighted by molar-refractivity contribution is 5.88. The standard InChI is InChI=1S/C18H27N3O3/c1-13(2)20(3)17(22)11-15-18(23)19-9-10-21(15)12-14-7-5-6-8-16(14)24-4/h5-8,13,15H,9-12H2,1-4H3,(H,19,23)/t15-/m1/s1. The molecule has 132 valence electrons. The first kappa shape index (κ1) is 18.3. The fraction of sp³-hybridized carbons (Fsp3) is 0.556. The molecule has 0 aliphatic carbocycles. The summed E-state index contributed by atoms with van der Waals surface area (Å²) in [6, 6.07) is 7.44. The van der Waals surface area contributed by atoms with E-state index in [1.165, 1.54) is 0 Å². The second-order valence-corrected chi connectivity index (χ2v) is 6.39. The van der Waals surface area contributed by atoms with Gasteiger partial charge in [0.2, 0.25) is 11.8 Å². The van der Waals surface area contributed by atoms with E-state index in [1.807, 2.05) is 38.1 Å². The molecule has 1 aromatic carbocycles. The average molecular weight is 333 g/mol. The van der Waals surface area contributed by atoms with Crippen molar-refractivity contribution in [3.8, 4) is 5.75 Å². The number of hydrogen-bond acceptors (Lipinski definition) is 4. The zero-order valence-electron chi connectivity index (χ0n) is 14.9. The molecule has 1 aromatic rings. The summed E-state index contributed by atoms with van der Waals surface area (Å²) in [6.07, 6.45) is 0.190. The molecule has 1 aliphatic heterocycles. The molecule has 1 N–H and O–H groups in total. The minimum absolute atomic E-state index is 0.0166. The monoisotopic (exact) mass is 333 g/mol. The first-order chi connectivity index (χ1) is 11.4. The second kappa shape index (κ2) is 8.15. The molecule has 0 radical (unpaired) electrons. The smallest absolute Gasteiger partial charge is 0.237 e. The minimum Gasteiger partial charge on any atom is -0.496 e. The van der Waals surface area contributed by atoms with Crippen LogP contribution in [0.2, 0.25) is 0 Å². The van der Waals surface area contributed by atoms with E-state index in [4.69, 9.17) is 4.74 Å². The number of hydrogen-bond donors (Lipinski definition) is 1. The van der Waals surface area contributed by atoms with E-state index in [9.17, 15) is 9.59 Å². The highest BCUT2D eigenvalue weighted by Gasteiger charge is 2.33. The molecule has 2 amide bonds. The number of nitrogens with one attached hydrogen (secondary N) is 1. The van der Waals surface area contributed by atoms with Gasteiger partial charge in [0.05, 0.1) is 19.6 Å². The molecular weight excluding hydrogens is 306 g/mol. The Bertz CT molecular complexity index is 589. The highest BCUT2D eigenvalue weighted by Crippen LogP contribution is 2.22. The van der Waals surface area contributed by atoms with Crippen LogP contribution in [0.4, 0.5) is 0 Å². The Balaban J connectivity index is 2.14. The quantitative estimate of drug-likeness (QED) is 0.851. The summed E-state index contributed by atoms with van der Waals surface area (Å²) < 4.78 is 5.40. The number of amides is 2. The molecule has 0 unspecified atom stereocenters. The van der Waals surface area contributed by atoms with Crippen LogP contribution in [-0.2, 0) is 16.1 Å². The van der Waals surface area contributed by atoms with Crippen molar-refractivity contribution in [2.45, 2.75) is 38.9 Å². The molecule has 0 bridgehead atoms. The van der Waals surface area contributed by atoms with Crippen molar-refractivity contribution in [1.82, 2.24) is 15.1 Å². The Kier molecular flexibility index (Phi) is 6.20. The van der Waals surface area contributed by atoms with Gasteiger partial charge < -0.3 is 15.0 Å². The van der Waals surface area contributed by atoms with E-state index in [2.05, 4.69) is 10.2 Å². The summed E-state index contributed by atoms with van der Waals surface area (Å²) in [4.78, 5) is 28.5. The number of benzene rings is 1. The van der Waals surface area contributed by atoms with Crippen LogP contribution < -0.4 is 10.1 Å². The van der Waals surface area contributed by atoms with Gasteiger partial charge in [-0.2, -0.15) is 0 Å². The normalized spacial score (nSPS) is 18.4. The number of ether oxygens (including phenoxy) is 1. The van der Waals surface area contributed by atoms with Crippen molar-refractivity contribution in [2.24, 2.45) is 0 Å². The second-order valence-electron chi connectivity index (χ2n) is 6.39. The lowest BCUT2D eigenvalue weighted by Gasteiger charge is -2.36. The average Bonchev–Trinajstić information content (AvgIpc) is 2.57. The van der Waals surface area contributed by atoms with Gasteiger partial charge in [0.15, 0.2) is 0 Å². The zero-order chi connectivity index (χ0) is 17.7. The fourth-order valence-electron chi connectivity index (χ4n) is 2.82. The molecule has 1 heterocycles. The van der Waals surface area contributed by atoms with Crippen molar-refractivity contribution in [3.63, 3.8) is 0 Å². The molecule has 6 nitrogen and oxygen atoms in total. The Morgan fingerprint density at radius 3 is 2.79 bits per heavy atom. The van der Waals surface area contributed by atoms with Gasteiger partial charge in [-0.15, -0.1) is 0 Å². The minimum atomic E-state index is -0.447. The maximum absolute atomic E-state index is 12.4. The van der Waals surface area contributed by atoms with E-state index >= 15 is 0 Å². The maximum Gasteiger partial charge on any atom is 0.237 e. The van der Waals surface area contributed by atoms with E-state index in [0.717, 1.165) is 11.3 Å². The van der Waals surface area contributed by atoms with Gasteiger partial charge >= 0.3 is 0 Å². The first-order valence-electron chi connectivity index (χ1n) is 8.33. The molecule has 0 spiro atoms. The number of para-hydroxylation sites is 1. The third-order valence-electron chi connectivity index (χ3n) is 4.54. The van der Waals surface area contributed by atoms with Crippen molar-refractivity contribution in [1.29, 1.82) is 0 Å². The van der Waals surface area contributed by atoms with Gasteiger partial charge in [-0.1, -0.05) is 18.2 Å². The van der Waals surface area contributed by atoms with Crippen molar-refractivity contribution < 1.29 is 14.3 Å². The fourth-order valence-corrected chi connectivity index (χ4v) is 2.82. The molecule has 1 fully saturated rings. The number of rotatable bonds is 6. The van der Waals surface area contributed by atoms with E-state index in [-0.39, 0.29) is 24.3 Å². The van der Waals surface area contributed by atoms with E-state index in [1.54, 1.807) is 19.1 Å². The van der Waals surface area contributed by atoms with Crippen molar-refractivity contribution in [2.75, 3.05) is 27.2 Å². The molecule has 1 saturated heterocycles. The lowest BCUT2D eigenvalue weighted by Crippen LogP contribution is -2.56. The van der Waals surface area contributed by atoms with Crippen LogP contribution >= 0.6 is 0 Å². The maximum atomic E-state index is 12.4. The molecule has 0 aromatic heterocycles. The predicted octanol–water partition coefficient (Wildman–Crippen LogP) is 1.25. The Labute approximate surface area is 143 Å². The topological polar surface area (TPSA) is 61.9 Å². The summed E-state index contributed by atoms with van der Waals surface area (Å²) in [5.74, 6) is 0.701. The number of methoxy groups -OCH3 is 1. The molecule has 0 saturated carbocycles. The molecule has 2 rings (SSSR count). The van der Waals surface area contributed by atoms with Crippen LogP contribution in [0.25, 0.3) is 0 Å². The van der Waals surface area contributed by atoms with E-state index in [0.29, 0.717) is 19.6 Å². The van der Waals surface area contributed by atoms with Gasteiger partial charge in [-0.3, -0.25) is 14.5 Å². The van der Waals surface area contributed by atoms with Crippen LogP contribution in [0.15, 0.2) is 24.3 Å². The summed E-state index contributed by atoms with van der Waals surface area (Å²) in [7, 11) is 3.42. The number of nitrogens with zero attached hydrogens (tertiary/aromatic N) is 2. The molecule has 1 aliphatic rings. The van der Waals surface area contributed by atoms with Gasteiger partial charge in [0.1, 0.15) is 5.75 Å². The van der Waals surface area contributed by atoms with Crippen molar-refractivity contribution in [3.05, 3.63) is 29.8 Å². The van der Waals surface area contributed by atoms with Crippen LogP contribution in [-0.4, -0.2) is 60.9 Å². The molecule has 24 heavy (non-hydrogen) atoms. The largest absolute Gasteiger partial charge is 0.496 e. The van der Waals surface area contributed by atoms with Crippen LogP contribution in [0.1, 0.15) is 25.8 Å². The van der Waals surface area contributed by atoms with Crippen LogP contribution in [0.3, 0.4) is 0 Å². The van der Waals surface area contributed by atoms with Crippen molar-refractivity contribution >= 4 is 11.8 Å². The van der Waals surface area contributed by atoms with Gasteiger partial charge in [0, 0.05) is 38.3 Å². The highest BCUT2D eigenvalue weighted by atomic mass is 16.5. The van der Waals surface area contributed by atoms with Crippen LogP contribution in [0, 0.1) is 0 Å². The summed E-state index contributed by atoms with van der Waals surface area (Å²) in [5, 5.41) is 2.87. The zero-order valence-corrected chi connectivity index (χ0v) is 14.9. The van der Waals surface area contributed by atoms with E-state index < -0.39 is 6.04 Å². The number of carbonyl (C=O) groups excluding carboxylic acids is 2. The first-order valence-corrected chi connectivity index (χ1v) is 8.33. The summed E-state index contributed by atoms with van der Waals surface area (Å²) in [5.41, 5.74) is 1.02. The molecule has 1 atom stereocenters. The third kappa shape index (κ3) is 4.26. The van der Waals surface area contributed by atoms with Gasteiger partial charge in [0.25, 0.3) is 0 Å². The summed E-state index contributed by atoms with van der Waals surface area (Å²) >= 11 is 0. The molecule has 6 heteroatoms. The third-order valence-corrected chi connectivity index (χ3v) is 4.54. The molecular formula is C18H27N3O3. The Morgan fingerprint density at radius 2 is 2.12 bits per heavy atom. The lowest BCUT2D eigenvalue weighted by molar-refractivity contribution is -0.139. The number of carbonyl (C=O) groups is 2. The Morgan fingerprint density at radius 1 is 1.42 bits per heavy atom. The van der Waals surface area contributed by atoms with Gasteiger partial charge in [-0.05, 0) is 19.9 Å². The number of piperazine rings is 1. The predicted molar refractivity (Wildman–Crippen MR) is 92.7 cm³/mol.